The van der Waals surface area contributed by atoms with Crippen LogP contribution >= 0.6 is 22.9 Å². The van der Waals surface area contributed by atoms with E-state index in [4.69, 9.17) is 16.6 Å². The number of rotatable bonds is 15. The number of aromatic amines is 1. The van der Waals surface area contributed by atoms with E-state index in [9.17, 15) is 18.0 Å². The van der Waals surface area contributed by atoms with E-state index < -0.39 is 15.9 Å². The van der Waals surface area contributed by atoms with Gasteiger partial charge in [0.25, 0.3) is 5.91 Å². The predicted molar refractivity (Wildman–Crippen MR) is 228 cm³/mol. The third kappa shape index (κ3) is 8.54. The highest BCUT2D eigenvalue weighted by molar-refractivity contribution is 7.90. The summed E-state index contributed by atoms with van der Waals surface area (Å²) in [5.74, 6) is 1.21. The number of fused-ring (bicyclic) bond motifs is 4. The number of Topliss-reactive ketones (excluding diaryl/α,β-unsaturated/α-hetero) is 1. The molecule has 0 radical (unpaired) electrons. The van der Waals surface area contributed by atoms with Crippen molar-refractivity contribution >= 4 is 61.1 Å². The summed E-state index contributed by atoms with van der Waals surface area (Å²) < 4.78 is 28.7. The minimum Gasteiger partial charge on any atom is -0.361 e. The normalized spacial score (nSPS) is 13.9. The molecule has 0 fully saturated rings. The fourth-order valence-corrected chi connectivity index (χ4v) is 10.3. The summed E-state index contributed by atoms with van der Waals surface area (Å²) in [6, 6.07) is 17.2. The van der Waals surface area contributed by atoms with Crippen molar-refractivity contribution in [1.82, 2.24) is 25.1 Å². The van der Waals surface area contributed by atoms with E-state index in [-0.39, 0.29) is 28.8 Å². The van der Waals surface area contributed by atoms with Crippen LogP contribution in [0, 0.1) is 34.6 Å². The van der Waals surface area contributed by atoms with E-state index in [0.717, 1.165) is 92.9 Å². The van der Waals surface area contributed by atoms with Crippen molar-refractivity contribution in [3.63, 3.8) is 0 Å². The predicted octanol–water partition coefficient (Wildman–Crippen LogP) is 9.60. The van der Waals surface area contributed by atoms with Gasteiger partial charge in [-0.25, -0.2) is 8.42 Å². The summed E-state index contributed by atoms with van der Waals surface area (Å²) in [7, 11) is -3.62. The lowest BCUT2D eigenvalue weighted by atomic mass is 9.99. The number of aromatic nitrogens is 4. The van der Waals surface area contributed by atoms with Gasteiger partial charge in [0, 0.05) is 57.6 Å². The number of carbonyl (C=O) groups excluding carboxylic acids is 2. The van der Waals surface area contributed by atoms with Crippen LogP contribution < -0.4 is 5.32 Å². The first-order chi connectivity index (χ1) is 27.3. The second kappa shape index (κ2) is 16.9. The van der Waals surface area contributed by atoms with Crippen LogP contribution in [0.15, 0.2) is 76.7 Å². The van der Waals surface area contributed by atoms with Crippen molar-refractivity contribution in [2.75, 3.05) is 6.54 Å². The molecule has 3 aromatic heterocycles. The lowest BCUT2D eigenvalue weighted by Gasteiger charge is -2.12. The molecule has 0 unspecified atom stereocenters. The van der Waals surface area contributed by atoms with Crippen LogP contribution in [0.4, 0.5) is 0 Å². The van der Waals surface area contributed by atoms with E-state index in [1.54, 1.807) is 23.5 Å². The van der Waals surface area contributed by atoms with Gasteiger partial charge >= 0.3 is 0 Å². The molecular formula is C44H47ClN6O4S2. The van der Waals surface area contributed by atoms with Gasteiger partial charge in [-0.05, 0) is 106 Å². The number of H-pyrrole nitrogens is 1. The number of nitrogens with zero attached hydrogens (tertiary/aromatic N) is 4. The van der Waals surface area contributed by atoms with Crippen LogP contribution in [0.2, 0.25) is 5.02 Å². The molecule has 13 heteroatoms. The monoisotopic (exact) mass is 822 g/mol. The number of hydrogen-bond donors (Lipinski definition) is 2. The largest absolute Gasteiger partial charge is 0.361 e. The highest BCUT2D eigenvalue weighted by Crippen LogP contribution is 2.40. The van der Waals surface area contributed by atoms with Gasteiger partial charge in [0.05, 0.1) is 21.9 Å². The Bertz CT molecular complexity index is 2600. The Morgan fingerprint density at radius 3 is 2.35 bits per heavy atom. The molecule has 6 aromatic rings. The number of aliphatic imine (C=N–C) groups is 1. The summed E-state index contributed by atoms with van der Waals surface area (Å²) in [6.07, 6.45) is 6.94. The van der Waals surface area contributed by atoms with Gasteiger partial charge in [-0.3, -0.25) is 19.1 Å². The number of nitrogens with one attached hydrogen (secondary N) is 2. The van der Waals surface area contributed by atoms with Crippen LogP contribution in [-0.4, -0.2) is 52.1 Å². The number of unbranched alkanes of at least 4 members (excludes halogenated alkanes) is 4. The molecule has 57 heavy (non-hydrogen) atoms. The molecule has 3 aromatic carbocycles. The maximum atomic E-state index is 13.4. The highest BCUT2D eigenvalue weighted by Gasteiger charge is 2.32. The Balaban J connectivity index is 0.870. The zero-order valence-electron chi connectivity index (χ0n) is 32.9. The van der Waals surface area contributed by atoms with Crippen LogP contribution in [-0.2, 0) is 20.4 Å². The van der Waals surface area contributed by atoms with Crippen LogP contribution in [0.1, 0.15) is 111 Å². The number of hydrogen-bond acceptors (Lipinski definition) is 8. The molecule has 1 atom stereocenters. The van der Waals surface area contributed by atoms with Gasteiger partial charge in [0.2, 0.25) is 0 Å². The molecule has 1 aliphatic rings. The second-order valence-corrected chi connectivity index (χ2v) is 18.6. The smallest absolute Gasteiger partial charge is 0.251 e. The minimum absolute atomic E-state index is 0.135. The van der Waals surface area contributed by atoms with Crippen LogP contribution in [0.3, 0.4) is 0 Å². The topological polar surface area (TPSA) is 139 Å². The van der Waals surface area contributed by atoms with Crippen molar-refractivity contribution < 1.29 is 18.0 Å². The van der Waals surface area contributed by atoms with E-state index in [2.05, 4.69) is 38.9 Å². The Hall–Kier alpha value is -4.91. The van der Waals surface area contributed by atoms with E-state index in [0.29, 0.717) is 29.4 Å². The van der Waals surface area contributed by atoms with Crippen molar-refractivity contribution in [1.29, 1.82) is 0 Å². The van der Waals surface area contributed by atoms with Crippen molar-refractivity contribution in [3.05, 3.63) is 127 Å². The molecule has 4 heterocycles. The Kier molecular flexibility index (Phi) is 11.9. The lowest BCUT2D eigenvalue weighted by Crippen LogP contribution is -2.24. The first-order valence-electron chi connectivity index (χ1n) is 19.4. The Morgan fingerprint density at radius 1 is 0.877 bits per heavy atom. The lowest BCUT2D eigenvalue weighted by molar-refractivity contribution is -0.119. The quantitative estimate of drug-likeness (QED) is 0.0990. The summed E-state index contributed by atoms with van der Waals surface area (Å²) in [5.41, 5.74) is 8.13. The molecule has 10 nitrogen and oxygen atoms in total. The summed E-state index contributed by atoms with van der Waals surface area (Å²) in [4.78, 5) is 36.0. The second-order valence-electron chi connectivity index (χ2n) is 15.0. The van der Waals surface area contributed by atoms with Crippen LogP contribution in [0.5, 0.6) is 0 Å². The third-order valence-electron chi connectivity index (χ3n) is 10.8. The molecule has 0 spiro atoms. The average Bonchev–Trinajstić information content (AvgIpc) is 3.84. The fourth-order valence-electron chi connectivity index (χ4n) is 7.63. The number of amides is 1. The molecule has 1 amide bonds. The summed E-state index contributed by atoms with van der Waals surface area (Å²) >= 11 is 7.92. The molecule has 7 rings (SSSR count). The first kappa shape index (κ1) is 40.3. The molecule has 0 aliphatic carbocycles. The number of halogens is 1. The fraction of sp³-hybridized carbons (Fsp3) is 0.341. The number of sulfone groups is 1. The maximum absolute atomic E-state index is 13.4. The van der Waals surface area contributed by atoms with E-state index >= 15 is 0 Å². The third-order valence-corrected chi connectivity index (χ3v) is 14.0. The molecule has 0 bridgehead atoms. The van der Waals surface area contributed by atoms with Gasteiger partial charge in [-0.2, -0.15) is 0 Å². The molecule has 0 saturated heterocycles. The SMILES string of the molecule is Cc1sc2c(c1C)C(c1ccc(Cl)cc1)=N[C@@H](CC(=O)CCCCCCCNC(=O)c1ccc(S(=O)(=O)Cc3ccc(C)c4c(C)c[nH]c34)cc1)c1nnc(C)n1-2. The van der Waals surface area contributed by atoms with Crippen molar-refractivity contribution in [3.8, 4) is 5.00 Å². The molecule has 2 N–H and O–H groups in total. The summed E-state index contributed by atoms with van der Waals surface area (Å²) in [6.45, 7) is 10.7. The van der Waals surface area contributed by atoms with Gasteiger partial charge < -0.3 is 10.3 Å². The van der Waals surface area contributed by atoms with Gasteiger partial charge in [-0.15, -0.1) is 21.5 Å². The number of benzene rings is 3. The van der Waals surface area contributed by atoms with E-state index in [1.807, 2.05) is 63.4 Å². The maximum Gasteiger partial charge on any atom is 0.251 e. The zero-order chi connectivity index (χ0) is 40.4. The number of thiophene rings is 1. The van der Waals surface area contributed by atoms with E-state index in [1.165, 1.54) is 17.0 Å². The molecular weight excluding hydrogens is 776 g/mol. The average molecular weight is 823 g/mol. The Morgan fingerprint density at radius 2 is 1.60 bits per heavy atom. The molecule has 296 valence electrons. The van der Waals surface area contributed by atoms with Gasteiger partial charge in [-0.1, -0.05) is 55.1 Å². The molecule has 0 saturated carbocycles. The highest BCUT2D eigenvalue weighted by atomic mass is 35.5. The van der Waals surface area contributed by atoms with Crippen molar-refractivity contribution in [2.24, 2.45) is 4.99 Å². The first-order valence-corrected chi connectivity index (χ1v) is 22.2. The van der Waals surface area contributed by atoms with Gasteiger partial charge in [0.15, 0.2) is 15.7 Å². The van der Waals surface area contributed by atoms with Crippen LogP contribution in [0.25, 0.3) is 15.9 Å². The number of aryl methyl sites for hydroxylation is 4. The van der Waals surface area contributed by atoms with Gasteiger partial charge in [0.1, 0.15) is 22.7 Å². The minimum atomic E-state index is -3.62. The number of carbonyl (C=O) groups is 2. The van der Waals surface area contributed by atoms with Crippen molar-refractivity contribution in [2.45, 2.75) is 96.3 Å². The Labute approximate surface area is 342 Å². The zero-order valence-corrected chi connectivity index (χ0v) is 35.3. The standard InChI is InChI=1S/C44H47ClN6O4S2/c1-26-12-13-33(40-38(26)27(2)24-47-40)25-57(54,55)36-20-16-32(17-21-36)43(53)46-22-10-8-6-7-9-11-35(52)23-37-42-50-49-30(5)51(42)44-39(28(3)29(4)56-44)41(48-37)31-14-18-34(45)19-15-31/h12-21,24,37,47H,6-11,22-23,25H2,1-5H3,(H,46,53)/t37-/m0/s1. The molecule has 1 aliphatic heterocycles. The number of ketones is 1. The summed E-state index contributed by atoms with van der Waals surface area (Å²) in [5, 5.41) is 14.6.